The molecule has 2 nitrogen and oxygen atoms in total. The van der Waals surface area contributed by atoms with Gasteiger partial charge in [0, 0.05) is 22.9 Å². The lowest BCUT2D eigenvalue weighted by atomic mass is 9.97. The van der Waals surface area contributed by atoms with E-state index in [1.54, 1.807) is 0 Å². The minimum Gasteiger partial charge on any atom is -0.398 e. The Morgan fingerprint density at radius 1 is 0.952 bits per heavy atom. The van der Waals surface area contributed by atoms with Crippen molar-refractivity contribution in [1.82, 2.24) is 0 Å². The van der Waals surface area contributed by atoms with Crippen molar-refractivity contribution in [2.45, 2.75) is 12.3 Å². The quantitative estimate of drug-likeness (QED) is 0.657. The van der Waals surface area contributed by atoms with Crippen LogP contribution in [0.2, 0.25) is 0 Å². The van der Waals surface area contributed by atoms with Crippen molar-refractivity contribution >= 4 is 5.69 Å². The topological polar surface area (TPSA) is 46.2 Å². The fraction of sp³-hybridized carbons (Fsp3) is 0.143. The summed E-state index contributed by atoms with van der Waals surface area (Å²) < 4.78 is 64.4. The molecule has 0 aromatic heterocycles. The molecule has 1 unspecified atom stereocenters. The molecule has 0 saturated carbocycles. The van der Waals surface area contributed by atoms with Crippen LogP contribution in [0.3, 0.4) is 0 Å². The molecule has 0 aliphatic carbocycles. The minimum atomic E-state index is -4.62. The van der Waals surface area contributed by atoms with Gasteiger partial charge in [-0.1, -0.05) is 6.07 Å². The van der Waals surface area contributed by atoms with Crippen LogP contribution in [0.4, 0.5) is 27.6 Å². The summed E-state index contributed by atoms with van der Waals surface area (Å²) in [6, 6.07) is 4.75. The molecule has 7 heteroatoms. The van der Waals surface area contributed by atoms with E-state index in [1.165, 1.54) is 0 Å². The zero-order valence-electron chi connectivity index (χ0n) is 10.5. The van der Waals surface area contributed by atoms with Gasteiger partial charge in [0.2, 0.25) is 0 Å². The first-order valence-electron chi connectivity index (χ1n) is 5.80. The first-order valence-corrected chi connectivity index (χ1v) is 5.80. The van der Waals surface area contributed by atoms with Crippen molar-refractivity contribution in [3.63, 3.8) is 0 Å². The molecular formula is C14H10F5NO. The molecule has 2 aromatic rings. The maximum absolute atomic E-state index is 13.6. The molecule has 2 rings (SSSR count). The minimum absolute atomic E-state index is 0.126. The highest BCUT2D eigenvalue weighted by Gasteiger charge is 2.32. The number of hydrogen-bond acceptors (Lipinski definition) is 2. The lowest BCUT2D eigenvalue weighted by Gasteiger charge is -2.17. The third kappa shape index (κ3) is 3.13. The van der Waals surface area contributed by atoms with E-state index in [0.717, 1.165) is 24.3 Å². The van der Waals surface area contributed by atoms with E-state index in [9.17, 15) is 27.1 Å². The zero-order chi connectivity index (χ0) is 15.8. The van der Waals surface area contributed by atoms with Gasteiger partial charge >= 0.3 is 6.18 Å². The number of aliphatic hydroxyl groups is 1. The van der Waals surface area contributed by atoms with Crippen LogP contribution in [-0.2, 0) is 6.18 Å². The first kappa shape index (κ1) is 15.2. The molecule has 2 aromatic carbocycles. The number of rotatable bonds is 2. The van der Waals surface area contributed by atoms with Crippen LogP contribution in [0.25, 0.3) is 0 Å². The second kappa shape index (κ2) is 5.33. The molecule has 21 heavy (non-hydrogen) atoms. The van der Waals surface area contributed by atoms with Crippen molar-refractivity contribution in [3.8, 4) is 0 Å². The van der Waals surface area contributed by atoms with E-state index in [0.29, 0.717) is 12.1 Å². The van der Waals surface area contributed by atoms with Crippen molar-refractivity contribution < 1.29 is 27.1 Å². The highest BCUT2D eigenvalue weighted by atomic mass is 19.4. The van der Waals surface area contributed by atoms with Gasteiger partial charge in [0.1, 0.15) is 17.7 Å². The third-order valence-electron chi connectivity index (χ3n) is 2.97. The predicted octanol–water partition coefficient (Wildman–Crippen LogP) is 3.65. The summed E-state index contributed by atoms with van der Waals surface area (Å²) in [5, 5.41) is 10.0. The second-order valence-corrected chi connectivity index (χ2v) is 4.41. The number of anilines is 1. The summed E-state index contributed by atoms with van der Waals surface area (Å²) in [5.74, 6) is -1.93. The van der Waals surface area contributed by atoms with Crippen LogP contribution in [0.15, 0.2) is 36.4 Å². The molecule has 0 heterocycles. The normalized spacial score (nSPS) is 13.2. The van der Waals surface area contributed by atoms with E-state index in [2.05, 4.69) is 0 Å². The summed E-state index contributed by atoms with van der Waals surface area (Å²) in [7, 11) is 0. The summed E-state index contributed by atoms with van der Waals surface area (Å²) in [6.07, 6.45) is -6.35. The number of halogens is 5. The third-order valence-corrected chi connectivity index (χ3v) is 2.97. The fourth-order valence-corrected chi connectivity index (χ4v) is 1.88. The number of hydrogen-bond donors (Lipinski definition) is 2. The molecule has 3 N–H and O–H groups in total. The van der Waals surface area contributed by atoms with E-state index >= 15 is 0 Å². The van der Waals surface area contributed by atoms with Crippen LogP contribution in [0, 0.1) is 11.6 Å². The summed E-state index contributed by atoms with van der Waals surface area (Å²) >= 11 is 0. The largest absolute Gasteiger partial charge is 0.416 e. The molecule has 0 saturated heterocycles. The summed E-state index contributed by atoms with van der Waals surface area (Å²) in [5.41, 5.74) is 3.73. The smallest absolute Gasteiger partial charge is 0.398 e. The Kier molecular flexibility index (Phi) is 3.87. The average Bonchev–Trinajstić information content (AvgIpc) is 2.37. The average molecular weight is 303 g/mol. The van der Waals surface area contributed by atoms with Gasteiger partial charge in [-0.25, -0.2) is 8.78 Å². The molecular weight excluding hydrogens is 293 g/mol. The van der Waals surface area contributed by atoms with E-state index < -0.39 is 29.5 Å². The molecule has 0 radical (unpaired) electrons. The fourth-order valence-electron chi connectivity index (χ4n) is 1.88. The van der Waals surface area contributed by atoms with E-state index in [4.69, 9.17) is 5.73 Å². The molecule has 0 aliphatic heterocycles. The summed E-state index contributed by atoms with van der Waals surface area (Å²) in [6.45, 7) is 0. The molecule has 0 amide bonds. The van der Waals surface area contributed by atoms with Gasteiger partial charge in [0.05, 0.1) is 5.56 Å². The van der Waals surface area contributed by atoms with Crippen LogP contribution < -0.4 is 5.73 Å². The second-order valence-electron chi connectivity index (χ2n) is 4.41. The predicted molar refractivity (Wildman–Crippen MR) is 66.3 cm³/mol. The maximum Gasteiger partial charge on any atom is 0.416 e. The number of nitrogens with two attached hydrogens (primary N) is 1. The molecule has 0 fully saturated rings. The number of alkyl halides is 3. The van der Waals surface area contributed by atoms with Crippen LogP contribution in [-0.4, -0.2) is 5.11 Å². The van der Waals surface area contributed by atoms with E-state index in [-0.39, 0.29) is 16.8 Å². The standard InChI is InChI=1S/C14H10F5NO/c15-8-2-3-9(11(16)6-8)13(21)10-5-7(14(17,18)19)1-4-12(10)20/h1-6,13,21H,20H2. The van der Waals surface area contributed by atoms with Crippen molar-refractivity contribution in [2.75, 3.05) is 5.73 Å². The lowest BCUT2D eigenvalue weighted by Crippen LogP contribution is -2.10. The van der Waals surface area contributed by atoms with Gasteiger partial charge in [-0.3, -0.25) is 0 Å². The maximum atomic E-state index is 13.6. The Morgan fingerprint density at radius 2 is 1.62 bits per heavy atom. The van der Waals surface area contributed by atoms with Crippen LogP contribution in [0.1, 0.15) is 22.8 Å². The number of nitrogen functional groups attached to an aromatic ring is 1. The highest BCUT2D eigenvalue weighted by molar-refractivity contribution is 5.52. The highest BCUT2D eigenvalue weighted by Crippen LogP contribution is 2.35. The Labute approximate surface area is 116 Å². The van der Waals surface area contributed by atoms with Gasteiger partial charge < -0.3 is 10.8 Å². The Bertz CT molecular complexity index is 669. The van der Waals surface area contributed by atoms with Gasteiger partial charge in [-0.05, 0) is 24.3 Å². The van der Waals surface area contributed by atoms with Gasteiger partial charge in [-0.2, -0.15) is 13.2 Å². The van der Waals surface area contributed by atoms with Gasteiger partial charge in [-0.15, -0.1) is 0 Å². The van der Waals surface area contributed by atoms with Gasteiger partial charge in [0.15, 0.2) is 0 Å². The Hall–Kier alpha value is -2.15. The molecule has 0 bridgehead atoms. The lowest BCUT2D eigenvalue weighted by molar-refractivity contribution is -0.137. The molecule has 0 spiro atoms. The first-order chi connectivity index (χ1) is 9.70. The Balaban J connectivity index is 2.50. The van der Waals surface area contributed by atoms with Crippen molar-refractivity contribution in [1.29, 1.82) is 0 Å². The molecule has 0 aliphatic rings. The number of benzene rings is 2. The SMILES string of the molecule is Nc1ccc(C(F)(F)F)cc1C(O)c1ccc(F)cc1F. The number of aliphatic hydroxyl groups excluding tert-OH is 1. The zero-order valence-corrected chi connectivity index (χ0v) is 10.5. The van der Waals surface area contributed by atoms with Crippen LogP contribution >= 0.6 is 0 Å². The van der Waals surface area contributed by atoms with Crippen LogP contribution in [0.5, 0.6) is 0 Å². The van der Waals surface area contributed by atoms with Crippen molar-refractivity contribution in [3.05, 3.63) is 64.7 Å². The Morgan fingerprint density at radius 3 is 2.19 bits per heavy atom. The summed E-state index contributed by atoms with van der Waals surface area (Å²) in [4.78, 5) is 0. The van der Waals surface area contributed by atoms with E-state index in [1.807, 2.05) is 0 Å². The van der Waals surface area contributed by atoms with Crippen molar-refractivity contribution in [2.24, 2.45) is 0 Å². The molecule has 112 valence electrons. The van der Waals surface area contributed by atoms with Gasteiger partial charge in [0.25, 0.3) is 0 Å². The monoisotopic (exact) mass is 303 g/mol. The molecule has 1 atom stereocenters.